The Hall–Kier alpha value is -2.43. The number of benzene rings is 1. The van der Waals surface area contributed by atoms with Crippen molar-refractivity contribution in [2.24, 2.45) is 0 Å². The molecule has 0 aliphatic carbocycles. The fourth-order valence-electron chi connectivity index (χ4n) is 2.31. The highest BCUT2D eigenvalue weighted by atomic mass is 16.5. The second kappa shape index (κ2) is 5.91. The largest absolute Gasteiger partial charge is 0.507 e. The summed E-state index contributed by atoms with van der Waals surface area (Å²) in [5.74, 6) is 1.27. The molecule has 0 aliphatic heterocycles. The van der Waals surface area contributed by atoms with Crippen LogP contribution in [0.5, 0.6) is 17.2 Å². The highest BCUT2D eigenvalue weighted by Crippen LogP contribution is 2.36. The van der Waals surface area contributed by atoms with E-state index in [2.05, 4.69) is 4.98 Å². The summed E-state index contributed by atoms with van der Waals surface area (Å²) in [6.45, 7) is 3.52. The fourth-order valence-corrected chi connectivity index (χ4v) is 2.31. The molecule has 2 aromatic rings. The number of H-pyrrole nitrogens is 1. The first-order chi connectivity index (χ1) is 10.0. The molecule has 1 aromatic carbocycles. The monoisotopic (exact) mass is 289 g/mol. The molecule has 5 nitrogen and oxygen atoms in total. The van der Waals surface area contributed by atoms with Crippen LogP contribution >= 0.6 is 0 Å². The first kappa shape index (κ1) is 15.0. The smallest absolute Gasteiger partial charge is 0.255 e. The number of nitrogens with one attached hydrogen (secondary N) is 1. The van der Waals surface area contributed by atoms with Gasteiger partial charge < -0.3 is 19.6 Å². The van der Waals surface area contributed by atoms with Gasteiger partial charge in [-0.2, -0.15) is 0 Å². The lowest BCUT2D eigenvalue weighted by atomic mass is 10.00. The van der Waals surface area contributed by atoms with Gasteiger partial charge in [0.05, 0.1) is 25.5 Å². The summed E-state index contributed by atoms with van der Waals surface area (Å²) in [5.41, 5.74) is 1.99. The molecule has 0 radical (unpaired) electrons. The van der Waals surface area contributed by atoms with Gasteiger partial charge in [-0.1, -0.05) is 6.92 Å². The quantitative estimate of drug-likeness (QED) is 0.907. The molecule has 0 fully saturated rings. The minimum absolute atomic E-state index is 0.0362. The SMILES string of the molecule is CCc1c(-c2ccc(OC)cc2OC)[nH]c(=O)c(C)c1O. The first-order valence-corrected chi connectivity index (χ1v) is 6.70. The van der Waals surface area contributed by atoms with Crippen molar-refractivity contribution in [1.82, 2.24) is 4.98 Å². The number of pyridine rings is 1. The van der Waals surface area contributed by atoms with Crippen molar-refractivity contribution < 1.29 is 14.6 Å². The van der Waals surface area contributed by atoms with Crippen LogP contribution in [0.2, 0.25) is 0 Å². The molecule has 2 rings (SSSR count). The van der Waals surface area contributed by atoms with E-state index in [1.807, 2.05) is 6.92 Å². The van der Waals surface area contributed by atoms with Crippen LogP contribution in [0.3, 0.4) is 0 Å². The van der Waals surface area contributed by atoms with Crippen molar-refractivity contribution in [3.63, 3.8) is 0 Å². The van der Waals surface area contributed by atoms with Crippen molar-refractivity contribution in [2.45, 2.75) is 20.3 Å². The maximum Gasteiger partial charge on any atom is 0.255 e. The maximum absolute atomic E-state index is 11.9. The van der Waals surface area contributed by atoms with Gasteiger partial charge in [0.25, 0.3) is 5.56 Å². The Bertz CT molecular complexity index is 719. The van der Waals surface area contributed by atoms with Gasteiger partial charge in [0.15, 0.2) is 0 Å². The van der Waals surface area contributed by atoms with Gasteiger partial charge in [-0.25, -0.2) is 0 Å². The van der Waals surface area contributed by atoms with Crippen molar-refractivity contribution >= 4 is 0 Å². The molecule has 0 unspecified atom stereocenters. The van der Waals surface area contributed by atoms with E-state index in [0.29, 0.717) is 40.3 Å². The van der Waals surface area contributed by atoms with Gasteiger partial charge in [-0.05, 0) is 25.5 Å². The molecule has 0 bridgehead atoms. The number of aromatic amines is 1. The lowest BCUT2D eigenvalue weighted by Crippen LogP contribution is -2.13. The fraction of sp³-hybridized carbons (Fsp3) is 0.312. The highest BCUT2D eigenvalue weighted by Gasteiger charge is 2.17. The summed E-state index contributed by atoms with van der Waals surface area (Å²) in [7, 11) is 3.13. The molecule has 1 aromatic heterocycles. The predicted molar refractivity (Wildman–Crippen MR) is 81.4 cm³/mol. The van der Waals surface area contributed by atoms with Gasteiger partial charge in [-0.3, -0.25) is 4.79 Å². The zero-order valence-corrected chi connectivity index (χ0v) is 12.6. The van der Waals surface area contributed by atoms with Crippen molar-refractivity contribution in [3.8, 4) is 28.5 Å². The molecule has 1 heterocycles. The molecule has 0 saturated carbocycles. The van der Waals surface area contributed by atoms with Gasteiger partial charge in [0.2, 0.25) is 0 Å². The Labute approximate surface area is 123 Å². The van der Waals surface area contributed by atoms with E-state index in [9.17, 15) is 9.90 Å². The van der Waals surface area contributed by atoms with Gasteiger partial charge in [0.1, 0.15) is 17.2 Å². The standard InChI is InChI=1S/C16H19NO4/c1-5-11-14(17-16(19)9(2)15(11)18)12-7-6-10(20-3)8-13(12)21-4/h6-8H,5H2,1-4H3,(H2,17,18,19). The van der Waals surface area contributed by atoms with Crippen LogP contribution in [-0.4, -0.2) is 24.3 Å². The third-order valence-electron chi connectivity index (χ3n) is 3.55. The number of ether oxygens (including phenoxy) is 2. The summed E-state index contributed by atoms with van der Waals surface area (Å²) in [5, 5.41) is 10.2. The van der Waals surface area contributed by atoms with E-state index in [1.165, 1.54) is 0 Å². The van der Waals surface area contributed by atoms with Crippen LogP contribution in [0, 0.1) is 6.92 Å². The van der Waals surface area contributed by atoms with E-state index in [1.54, 1.807) is 39.3 Å². The number of hydrogen-bond donors (Lipinski definition) is 2. The second-order valence-electron chi connectivity index (χ2n) is 4.70. The van der Waals surface area contributed by atoms with E-state index in [-0.39, 0.29) is 11.3 Å². The van der Waals surface area contributed by atoms with Gasteiger partial charge in [0, 0.05) is 17.2 Å². The topological polar surface area (TPSA) is 71.5 Å². The van der Waals surface area contributed by atoms with E-state index < -0.39 is 0 Å². The number of aromatic nitrogens is 1. The molecular weight excluding hydrogens is 270 g/mol. The minimum Gasteiger partial charge on any atom is -0.507 e. The van der Waals surface area contributed by atoms with Gasteiger partial charge >= 0.3 is 0 Å². The van der Waals surface area contributed by atoms with Crippen molar-refractivity contribution in [3.05, 3.63) is 39.7 Å². The Kier molecular flexibility index (Phi) is 4.21. The van der Waals surface area contributed by atoms with Crippen LogP contribution in [0.25, 0.3) is 11.3 Å². The second-order valence-corrected chi connectivity index (χ2v) is 4.70. The molecule has 5 heteroatoms. The molecule has 112 valence electrons. The molecule has 0 atom stereocenters. The summed E-state index contributed by atoms with van der Waals surface area (Å²) in [6.07, 6.45) is 0.591. The molecule has 0 spiro atoms. The Balaban J connectivity index is 2.75. The lowest BCUT2D eigenvalue weighted by molar-refractivity contribution is 0.395. The molecule has 0 amide bonds. The Morgan fingerprint density at radius 3 is 2.52 bits per heavy atom. The van der Waals surface area contributed by atoms with Crippen LogP contribution < -0.4 is 15.0 Å². The number of aromatic hydroxyl groups is 1. The van der Waals surface area contributed by atoms with E-state index in [4.69, 9.17) is 9.47 Å². The average Bonchev–Trinajstić information content (AvgIpc) is 2.51. The number of rotatable bonds is 4. The summed E-state index contributed by atoms with van der Waals surface area (Å²) >= 11 is 0. The predicted octanol–water partition coefficient (Wildman–Crippen LogP) is 2.64. The summed E-state index contributed by atoms with van der Waals surface area (Å²) < 4.78 is 10.5. The highest BCUT2D eigenvalue weighted by molar-refractivity contribution is 5.73. The van der Waals surface area contributed by atoms with Crippen LogP contribution in [0.1, 0.15) is 18.1 Å². The number of methoxy groups -OCH3 is 2. The zero-order valence-electron chi connectivity index (χ0n) is 12.6. The molecule has 0 saturated heterocycles. The van der Waals surface area contributed by atoms with Crippen LogP contribution in [0.4, 0.5) is 0 Å². The summed E-state index contributed by atoms with van der Waals surface area (Å²) in [6, 6.07) is 5.33. The van der Waals surface area contributed by atoms with Crippen LogP contribution in [-0.2, 0) is 6.42 Å². The maximum atomic E-state index is 11.9. The van der Waals surface area contributed by atoms with E-state index >= 15 is 0 Å². The Morgan fingerprint density at radius 1 is 1.24 bits per heavy atom. The van der Waals surface area contributed by atoms with Crippen molar-refractivity contribution in [1.29, 1.82) is 0 Å². The summed E-state index contributed by atoms with van der Waals surface area (Å²) in [4.78, 5) is 14.8. The van der Waals surface area contributed by atoms with Gasteiger partial charge in [-0.15, -0.1) is 0 Å². The molecular formula is C16H19NO4. The minimum atomic E-state index is -0.308. The van der Waals surface area contributed by atoms with E-state index in [0.717, 1.165) is 0 Å². The van der Waals surface area contributed by atoms with Crippen molar-refractivity contribution in [2.75, 3.05) is 14.2 Å². The third-order valence-corrected chi connectivity index (χ3v) is 3.55. The van der Waals surface area contributed by atoms with Crippen LogP contribution in [0.15, 0.2) is 23.0 Å². The first-order valence-electron chi connectivity index (χ1n) is 6.70. The lowest BCUT2D eigenvalue weighted by Gasteiger charge is -2.15. The average molecular weight is 289 g/mol. The molecule has 0 aliphatic rings. The normalized spacial score (nSPS) is 10.5. The zero-order chi connectivity index (χ0) is 15.6. The third kappa shape index (κ3) is 2.59. The Morgan fingerprint density at radius 2 is 1.95 bits per heavy atom. The molecule has 2 N–H and O–H groups in total. The number of hydrogen-bond acceptors (Lipinski definition) is 4. The molecule has 21 heavy (non-hydrogen) atoms.